The molecular weight excluding hydrogens is 156 g/mol. The van der Waals surface area contributed by atoms with E-state index in [1.807, 2.05) is 0 Å². The van der Waals surface area contributed by atoms with Crippen LogP contribution in [0.3, 0.4) is 0 Å². The lowest BCUT2D eigenvalue weighted by Gasteiger charge is -2.15. The molecule has 0 spiro atoms. The van der Waals surface area contributed by atoms with Crippen LogP contribution in [0, 0.1) is 0 Å². The molecule has 0 aromatic rings. The molecule has 0 aromatic heterocycles. The van der Waals surface area contributed by atoms with Crippen molar-refractivity contribution in [2.45, 2.75) is 0 Å². The molecule has 0 N–H and O–H groups in total. The number of rotatable bonds is 0. The van der Waals surface area contributed by atoms with Gasteiger partial charge in [-0.3, -0.25) is 9.59 Å². The molecule has 1 aliphatic heterocycles. The molecular formula is C9H6O3. The molecule has 0 amide bonds. The summed E-state index contributed by atoms with van der Waals surface area (Å²) in [4.78, 5) is 22.3. The number of hydrogen-bond acceptors (Lipinski definition) is 3. The van der Waals surface area contributed by atoms with Crippen LogP contribution in [0.4, 0.5) is 0 Å². The van der Waals surface area contributed by atoms with Gasteiger partial charge in [0.05, 0.1) is 6.26 Å². The first-order chi connectivity index (χ1) is 5.79. The molecule has 2 rings (SSSR count). The molecule has 1 aliphatic carbocycles. The van der Waals surface area contributed by atoms with Gasteiger partial charge in [-0.05, 0) is 18.2 Å². The summed E-state index contributed by atoms with van der Waals surface area (Å²) in [6.07, 6.45) is 5.53. The molecule has 0 atom stereocenters. The summed E-state index contributed by atoms with van der Waals surface area (Å²) in [6.45, 7) is 0.209. The second-order valence-corrected chi connectivity index (χ2v) is 2.57. The maximum absolute atomic E-state index is 11.2. The maximum atomic E-state index is 11.2. The van der Waals surface area contributed by atoms with Crippen LogP contribution in [0.25, 0.3) is 0 Å². The first kappa shape index (κ1) is 7.03. The van der Waals surface area contributed by atoms with E-state index in [4.69, 9.17) is 4.74 Å². The molecule has 0 radical (unpaired) electrons. The molecule has 12 heavy (non-hydrogen) atoms. The van der Waals surface area contributed by atoms with Crippen molar-refractivity contribution in [3.05, 3.63) is 35.6 Å². The smallest absolute Gasteiger partial charge is 0.186 e. The van der Waals surface area contributed by atoms with Gasteiger partial charge >= 0.3 is 0 Å². The minimum atomic E-state index is -0.131. The number of carbonyl (C=O) groups is 2. The van der Waals surface area contributed by atoms with Crippen molar-refractivity contribution in [3.63, 3.8) is 0 Å². The predicted octanol–water partition coefficient (Wildman–Crippen LogP) is 0.535. The van der Waals surface area contributed by atoms with Crippen LogP contribution in [0.15, 0.2) is 35.6 Å². The quantitative estimate of drug-likeness (QED) is 0.488. The molecule has 2 aliphatic rings. The summed E-state index contributed by atoms with van der Waals surface area (Å²) in [5, 5.41) is 0. The van der Waals surface area contributed by atoms with E-state index in [1.54, 1.807) is 0 Å². The average molecular weight is 162 g/mol. The fraction of sp³-hybridized carbons (Fsp3) is 0.111. The van der Waals surface area contributed by atoms with Crippen LogP contribution in [0.2, 0.25) is 0 Å². The Kier molecular flexibility index (Phi) is 1.43. The van der Waals surface area contributed by atoms with Gasteiger partial charge in [0, 0.05) is 11.1 Å². The molecule has 0 bridgehead atoms. The highest BCUT2D eigenvalue weighted by Crippen LogP contribution is 2.19. The molecule has 0 aromatic carbocycles. The Bertz CT molecular complexity index is 345. The monoisotopic (exact) mass is 162 g/mol. The van der Waals surface area contributed by atoms with Crippen LogP contribution >= 0.6 is 0 Å². The summed E-state index contributed by atoms with van der Waals surface area (Å²) in [7, 11) is 0. The van der Waals surface area contributed by atoms with Crippen molar-refractivity contribution in [3.8, 4) is 0 Å². The average Bonchev–Trinajstić information content (AvgIpc) is 2.12. The largest absolute Gasteiger partial charge is 0.496 e. The van der Waals surface area contributed by atoms with Crippen molar-refractivity contribution >= 4 is 11.6 Å². The lowest BCUT2D eigenvalue weighted by atomic mass is 9.94. The highest BCUT2D eigenvalue weighted by atomic mass is 16.5. The number of hydrogen-bond donors (Lipinski definition) is 0. The highest BCUT2D eigenvalue weighted by Gasteiger charge is 2.22. The molecule has 3 nitrogen and oxygen atoms in total. The Morgan fingerprint density at radius 3 is 2.58 bits per heavy atom. The highest BCUT2D eigenvalue weighted by molar-refractivity contribution is 6.21. The van der Waals surface area contributed by atoms with E-state index in [0.717, 1.165) is 0 Å². The van der Waals surface area contributed by atoms with E-state index < -0.39 is 0 Å². The lowest BCUT2D eigenvalue weighted by molar-refractivity contribution is -0.115. The first-order valence-corrected chi connectivity index (χ1v) is 3.57. The molecule has 0 saturated carbocycles. The zero-order valence-corrected chi connectivity index (χ0v) is 6.24. The third-order valence-corrected chi connectivity index (χ3v) is 1.83. The predicted molar refractivity (Wildman–Crippen MR) is 41.3 cm³/mol. The summed E-state index contributed by atoms with van der Waals surface area (Å²) < 4.78 is 4.91. The van der Waals surface area contributed by atoms with Crippen molar-refractivity contribution in [2.24, 2.45) is 0 Å². The van der Waals surface area contributed by atoms with Gasteiger partial charge in [0.1, 0.15) is 6.61 Å². The molecule has 0 saturated heterocycles. The number of allylic oxidation sites excluding steroid dienone is 4. The molecule has 60 valence electrons. The van der Waals surface area contributed by atoms with Crippen molar-refractivity contribution in [1.82, 2.24) is 0 Å². The third-order valence-electron chi connectivity index (χ3n) is 1.83. The van der Waals surface area contributed by atoms with Crippen LogP contribution in [-0.2, 0) is 14.3 Å². The van der Waals surface area contributed by atoms with Crippen molar-refractivity contribution in [2.75, 3.05) is 6.61 Å². The zero-order valence-electron chi connectivity index (χ0n) is 6.24. The normalized spacial score (nSPS) is 21.0. The minimum absolute atomic E-state index is 0.121. The zero-order chi connectivity index (χ0) is 8.55. The molecule has 1 heterocycles. The Hall–Kier alpha value is -1.64. The second-order valence-electron chi connectivity index (χ2n) is 2.57. The van der Waals surface area contributed by atoms with Crippen molar-refractivity contribution in [1.29, 1.82) is 0 Å². The Morgan fingerprint density at radius 1 is 1.08 bits per heavy atom. The standard InChI is InChI=1S/C9H6O3/c10-8-1-2-9(11)7-5-12-4-3-6(7)8/h1-4H,5H2. The minimum Gasteiger partial charge on any atom is -0.496 e. The Morgan fingerprint density at radius 2 is 1.83 bits per heavy atom. The van der Waals surface area contributed by atoms with Gasteiger partial charge in [0.2, 0.25) is 0 Å². The Balaban J connectivity index is 2.51. The fourth-order valence-corrected chi connectivity index (χ4v) is 1.20. The third kappa shape index (κ3) is 0.906. The van der Waals surface area contributed by atoms with Gasteiger partial charge in [-0.2, -0.15) is 0 Å². The van der Waals surface area contributed by atoms with Gasteiger partial charge in [0.15, 0.2) is 11.6 Å². The summed E-state index contributed by atoms with van der Waals surface area (Å²) in [5.41, 5.74) is 0.929. The second kappa shape index (κ2) is 2.44. The number of ketones is 2. The molecule has 0 unspecified atom stereocenters. The summed E-state index contributed by atoms with van der Waals surface area (Å²) in [5.74, 6) is -0.252. The van der Waals surface area contributed by atoms with E-state index in [-0.39, 0.29) is 18.2 Å². The maximum Gasteiger partial charge on any atom is 0.186 e. The first-order valence-electron chi connectivity index (χ1n) is 3.57. The van der Waals surface area contributed by atoms with Crippen molar-refractivity contribution < 1.29 is 14.3 Å². The van der Waals surface area contributed by atoms with E-state index in [0.29, 0.717) is 11.1 Å². The molecule has 0 fully saturated rings. The van der Waals surface area contributed by atoms with Gasteiger partial charge in [-0.15, -0.1) is 0 Å². The molecule has 3 heteroatoms. The van der Waals surface area contributed by atoms with E-state index in [2.05, 4.69) is 0 Å². The van der Waals surface area contributed by atoms with Gasteiger partial charge in [-0.25, -0.2) is 0 Å². The van der Waals surface area contributed by atoms with E-state index in [1.165, 1.54) is 24.5 Å². The van der Waals surface area contributed by atoms with Crippen LogP contribution < -0.4 is 0 Å². The summed E-state index contributed by atoms with van der Waals surface area (Å²) >= 11 is 0. The fourth-order valence-electron chi connectivity index (χ4n) is 1.20. The van der Waals surface area contributed by atoms with Crippen LogP contribution in [0.1, 0.15) is 0 Å². The van der Waals surface area contributed by atoms with E-state index in [9.17, 15) is 9.59 Å². The van der Waals surface area contributed by atoms with Gasteiger partial charge in [-0.1, -0.05) is 0 Å². The van der Waals surface area contributed by atoms with Gasteiger partial charge in [0.25, 0.3) is 0 Å². The summed E-state index contributed by atoms with van der Waals surface area (Å²) in [6, 6.07) is 0. The number of ether oxygens (including phenoxy) is 1. The lowest BCUT2D eigenvalue weighted by Crippen LogP contribution is -2.18. The SMILES string of the molecule is O=C1C=CC(=O)C2=C1C=COC2. The van der Waals surface area contributed by atoms with Crippen LogP contribution in [0.5, 0.6) is 0 Å². The van der Waals surface area contributed by atoms with Gasteiger partial charge < -0.3 is 4.74 Å². The number of carbonyl (C=O) groups excluding carboxylic acids is 2. The van der Waals surface area contributed by atoms with E-state index >= 15 is 0 Å². The topological polar surface area (TPSA) is 43.4 Å². The van der Waals surface area contributed by atoms with Crippen LogP contribution in [-0.4, -0.2) is 18.2 Å². The Labute approximate surface area is 69.0 Å².